The normalized spacial score (nSPS) is 20.4. The molecule has 1 aromatic heterocycles. The first-order valence-electron chi connectivity index (χ1n) is 6.05. The minimum Gasteiger partial charge on any atom is -0.312 e. The van der Waals surface area contributed by atoms with Crippen LogP contribution in [0.5, 0.6) is 0 Å². The van der Waals surface area contributed by atoms with Crippen molar-refractivity contribution in [1.82, 2.24) is 15.1 Å². The third kappa shape index (κ3) is 3.85. The van der Waals surface area contributed by atoms with Gasteiger partial charge in [0.1, 0.15) is 5.78 Å². The van der Waals surface area contributed by atoms with E-state index in [1.165, 1.54) is 5.75 Å². The molecule has 1 aromatic rings. The highest BCUT2D eigenvalue weighted by Gasteiger charge is 2.16. The fourth-order valence-corrected chi connectivity index (χ4v) is 2.99. The van der Waals surface area contributed by atoms with Crippen molar-refractivity contribution in [2.45, 2.75) is 25.3 Å². The number of carbonyl (C=O) groups is 1. The smallest absolute Gasteiger partial charge is 0.134 e. The van der Waals surface area contributed by atoms with Crippen molar-refractivity contribution >= 4 is 17.5 Å². The van der Waals surface area contributed by atoms with Crippen molar-refractivity contribution in [3.05, 3.63) is 18.0 Å². The maximum atomic E-state index is 11.8. The monoisotopic (exact) mass is 253 g/mol. The van der Waals surface area contributed by atoms with Gasteiger partial charge in [-0.05, 0) is 12.5 Å². The maximum absolute atomic E-state index is 11.8. The third-order valence-corrected chi connectivity index (χ3v) is 4.19. The number of hydrogen-bond acceptors (Lipinski definition) is 4. The molecule has 1 saturated heterocycles. The van der Waals surface area contributed by atoms with Gasteiger partial charge in [0.15, 0.2) is 0 Å². The third-order valence-electron chi connectivity index (χ3n) is 3.05. The van der Waals surface area contributed by atoms with E-state index >= 15 is 0 Å². The minimum atomic E-state index is 0.353. The highest BCUT2D eigenvalue weighted by molar-refractivity contribution is 7.99. The van der Waals surface area contributed by atoms with E-state index in [1.807, 2.05) is 29.6 Å². The van der Waals surface area contributed by atoms with Gasteiger partial charge in [-0.25, -0.2) is 0 Å². The van der Waals surface area contributed by atoms with Crippen LogP contribution in [0, 0.1) is 0 Å². The molecule has 1 aliphatic heterocycles. The Morgan fingerprint density at radius 3 is 3.24 bits per heavy atom. The molecule has 0 spiro atoms. The van der Waals surface area contributed by atoms with E-state index < -0.39 is 0 Å². The van der Waals surface area contributed by atoms with Crippen LogP contribution in [0.1, 0.15) is 18.5 Å². The largest absolute Gasteiger partial charge is 0.312 e. The molecule has 0 saturated carbocycles. The first-order valence-corrected chi connectivity index (χ1v) is 7.21. The van der Waals surface area contributed by atoms with Gasteiger partial charge in [0.2, 0.25) is 0 Å². The lowest BCUT2D eigenvalue weighted by molar-refractivity contribution is -0.119. The van der Waals surface area contributed by atoms with Crippen molar-refractivity contribution < 1.29 is 4.79 Å². The van der Waals surface area contributed by atoms with Crippen molar-refractivity contribution in [2.24, 2.45) is 7.05 Å². The number of nitrogens with zero attached hydrogens (tertiary/aromatic N) is 2. The summed E-state index contributed by atoms with van der Waals surface area (Å²) in [5.41, 5.74) is 1.13. The number of rotatable bonds is 5. The zero-order chi connectivity index (χ0) is 12.1. The van der Waals surface area contributed by atoms with Crippen LogP contribution in [0.4, 0.5) is 0 Å². The predicted octanol–water partition coefficient (Wildman–Crippen LogP) is 1.02. The van der Waals surface area contributed by atoms with E-state index in [0.29, 0.717) is 24.7 Å². The van der Waals surface area contributed by atoms with Crippen LogP contribution in [0.2, 0.25) is 0 Å². The number of hydrogen-bond donors (Lipinski definition) is 1. The Labute approximate surface area is 106 Å². The summed E-state index contributed by atoms with van der Waals surface area (Å²) < 4.78 is 1.84. The zero-order valence-electron chi connectivity index (χ0n) is 10.2. The van der Waals surface area contributed by atoms with Crippen LogP contribution >= 0.6 is 11.8 Å². The van der Waals surface area contributed by atoms with Crippen LogP contribution in [-0.2, 0) is 18.3 Å². The Morgan fingerprint density at radius 1 is 1.71 bits per heavy atom. The van der Waals surface area contributed by atoms with Gasteiger partial charge in [-0.2, -0.15) is 16.9 Å². The second-order valence-electron chi connectivity index (χ2n) is 4.41. The highest BCUT2D eigenvalue weighted by Crippen LogP contribution is 2.12. The minimum absolute atomic E-state index is 0.353. The van der Waals surface area contributed by atoms with Gasteiger partial charge >= 0.3 is 0 Å². The molecule has 94 valence electrons. The average molecular weight is 253 g/mol. The molecule has 1 N–H and O–H groups in total. The summed E-state index contributed by atoms with van der Waals surface area (Å²) in [6.45, 7) is 1.03. The van der Waals surface area contributed by atoms with E-state index in [9.17, 15) is 4.79 Å². The molecule has 0 aromatic carbocycles. The summed E-state index contributed by atoms with van der Waals surface area (Å²) in [6.07, 6.45) is 3.88. The summed E-state index contributed by atoms with van der Waals surface area (Å²) in [5, 5.41) is 7.50. The molecule has 17 heavy (non-hydrogen) atoms. The Hall–Kier alpha value is -0.810. The lowest BCUT2D eigenvalue weighted by atomic mass is 10.1. The van der Waals surface area contributed by atoms with E-state index in [2.05, 4.69) is 10.4 Å². The Balaban J connectivity index is 1.72. The molecule has 4 nitrogen and oxygen atoms in total. The number of thioether (sulfide) groups is 1. The van der Waals surface area contributed by atoms with Crippen LogP contribution < -0.4 is 5.32 Å². The number of carbonyl (C=O) groups excluding carboxylic acids is 1. The van der Waals surface area contributed by atoms with Crippen molar-refractivity contribution in [2.75, 3.05) is 18.1 Å². The lowest BCUT2D eigenvalue weighted by Crippen LogP contribution is -2.38. The van der Waals surface area contributed by atoms with Crippen molar-refractivity contribution in [1.29, 1.82) is 0 Å². The van der Waals surface area contributed by atoms with E-state index in [4.69, 9.17) is 0 Å². The molecule has 1 aliphatic rings. The van der Waals surface area contributed by atoms with Gasteiger partial charge in [0.25, 0.3) is 0 Å². The quantitative estimate of drug-likeness (QED) is 0.851. The molecular weight excluding hydrogens is 234 g/mol. The van der Waals surface area contributed by atoms with Gasteiger partial charge in [0, 0.05) is 55.9 Å². The summed E-state index contributed by atoms with van der Waals surface area (Å²) in [6, 6.07) is 2.36. The fourth-order valence-electron chi connectivity index (χ4n) is 2.04. The van der Waals surface area contributed by atoms with Crippen LogP contribution in [0.3, 0.4) is 0 Å². The number of Topliss-reactive ketones (excluding diaryl/α,β-unsaturated/α-hetero) is 1. The summed E-state index contributed by atoms with van der Waals surface area (Å²) in [7, 11) is 1.92. The number of ketones is 1. The molecule has 1 atom stereocenters. The SMILES string of the molecule is Cn1nccc1CCC(=O)CC1CSCCN1. The van der Waals surface area contributed by atoms with E-state index in [0.717, 1.165) is 24.4 Å². The highest BCUT2D eigenvalue weighted by atomic mass is 32.2. The van der Waals surface area contributed by atoms with E-state index in [1.54, 1.807) is 6.20 Å². The fraction of sp³-hybridized carbons (Fsp3) is 0.667. The molecule has 1 unspecified atom stereocenters. The average Bonchev–Trinajstić information content (AvgIpc) is 2.74. The topological polar surface area (TPSA) is 46.9 Å². The van der Waals surface area contributed by atoms with Gasteiger partial charge in [-0.1, -0.05) is 0 Å². The molecule has 0 radical (unpaired) electrons. The molecule has 1 fully saturated rings. The lowest BCUT2D eigenvalue weighted by Gasteiger charge is -2.22. The number of aryl methyl sites for hydroxylation is 2. The summed E-state index contributed by atoms with van der Waals surface area (Å²) in [5.74, 6) is 2.59. The van der Waals surface area contributed by atoms with Crippen molar-refractivity contribution in [3.63, 3.8) is 0 Å². The zero-order valence-corrected chi connectivity index (χ0v) is 11.0. The maximum Gasteiger partial charge on any atom is 0.134 e. The molecule has 2 rings (SSSR count). The molecule has 0 bridgehead atoms. The summed E-state index contributed by atoms with van der Waals surface area (Å²) >= 11 is 1.93. The van der Waals surface area contributed by atoms with Gasteiger partial charge in [-0.3, -0.25) is 9.48 Å². The molecule has 5 heteroatoms. The number of nitrogens with one attached hydrogen (secondary N) is 1. The first-order chi connectivity index (χ1) is 8.25. The second kappa shape index (κ2) is 6.21. The molecule has 0 aliphatic carbocycles. The Bertz CT molecular complexity index is 372. The van der Waals surface area contributed by atoms with Crippen molar-refractivity contribution in [3.8, 4) is 0 Å². The molecular formula is C12H19N3OS. The molecule has 0 amide bonds. The van der Waals surface area contributed by atoms with Gasteiger partial charge in [-0.15, -0.1) is 0 Å². The Morgan fingerprint density at radius 2 is 2.59 bits per heavy atom. The van der Waals surface area contributed by atoms with Gasteiger partial charge in [0.05, 0.1) is 0 Å². The van der Waals surface area contributed by atoms with Crippen LogP contribution in [0.25, 0.3) is 0 Å². The van der Waals surface area contributed by atoms with E-state index in [-0.39, 0.29) is 0 Å². The second-order valence-corrected chi connectivity index (χ2v) is 5.56. The van der Waals surface area contributed by atoms with Crippen LogP contribution in [0.15, 0.2) is 12.3 Å². The first kappa shape index (κ1) is 12.6. The van der Waals surface area contributed by atoms with Gasteiger partial charge < -0.3 is 5.32 Å². The molecule has 2 heterocycles. The Kier molecular flexibility index (Phi) is 4.62. The van der Waals surface area contributed by atoms with Crippen LogP contribution in [-0.4, -0.2) is 39.7 Å². The predicted molar refractivity (Wildman–Crippen MR) is 70.3 cm³/mol. The summed E-state index contributed by atoms with van der Waals surface area (Å²) in [4.78, 5) is 11.8. The number of aromatic nitrogens is 2. The standard InChI is InChI=1S/C12H19N3OS/c1-15-11(4-5-14-15)2-3-12(16)8-10-9-17-7-6-13-10/h4-5,10,13H,2-3,6-9H2,1H3.